The largest absolute Gasteiger partial charge is 0.387 e. The Morgan fingerprint density at radius 1 is 1.32 bits per heavy atom. The second kappa shape index (κ2) is 6.13. The van der Waals surface area contributed by atoms with E-state index in [0.717, 1.165) is 5.56 Å². The topological polar surface area (TPSA) is 82.2 Å². The SMILES string of the molecule is O=C(NC[C@H](O)c1ccsc1)c1cc2ccccc2c(=O)[nH]1. The molecule has 0 saturated heterocycles. The van der Waals surface area contributed by atoms with Gasteiger partial charge in [0.05, 0.1) is 6.10 Å². The maximum Gasteiger partial charge on any atom is 0.267 e. The Kier molecular flexibility index (Phi) is 4.04. The molecule has 5 nitrogen and oxygen atoms in total. The molecule has 0 fully saturated rings. The van der Waals surface area contributed by atoms with Crippen molar-refractivity contribution in [1.82, 2.24) is 10.3 Å². The Hall–Kier alpha value is -2.44. The van der Waals surface area contributed by atoms with E-state index in [-0.39, 0.29) is 17.8 Å². The van der Waals surface area contributed by atoms with E-state index in [1.165, 1.54) is 11.3 Å². The predicted octanol–water partition coefficient (Wildman–Crippen LogP) is 2.05. The van der Waals surface area contributed by atoms with Gasteiger partial charge in [-0.1, -0.05) is 18.2 Å². The van der Waals surface area contributed by atoms with Gasteiger partial charge in [-0.25, -0.2) is 0 Å². The number of thiophene rings is 1. The minimum atomic E-state index is -0.762. The maximum atomic E-state index is 12.1. The molecule has 1 aromatic carbocycles. The van der Waals surface area contributed by atoms with Crippen LogP contribution in [0.4, 0.5) is 0 Å². The van der Waals surface area contributed by atoms with Crippen LogP contribution < -0.4 is 10.9 Å². The molecule has 2 heterocycles. The number of aromatic amines is 1. The number of nitrogens with one attached hydrogen (secondary N) is 2. The lowest BCUT2D eigenvalue weighted by Crippen LogP contribution is -2.30. The number of carbonyl (C=O) groups excluding carboxylic acids is 1. The highest BCUT2D eigenvalue weighted by Crippen LogP contribution is 2.15. The quantitative estimate of drug-likeness (QED) is 0.689. The van der Waals surface area contributed by atoms with Gasteiger partial charge in [-0.3, -0.25) is 9.59 Å². The highest BCUT2D eigenvalue weighted by Gasteiger charge is 2.13. The Labute approximate surface area is 130 Å². The standard InChI is InChI=1S/C16H14N2O3S/c19-14(11-5-6-22-9-11)8-17-16(21)13-7-10-3-1-2-4-12(10)15(20)18-13/h1-7,9,14,19H,8H2,(H,17,21)(H,18,20)/t14-/m0/s1. The summed E-state index contributed by atoms with van der Waals surface area (Å²) in [5.74, 6) is -0.419. The summed E-state index contributed by atoms with van der Waals surface area (Å²) < 4.78 is 0. The van der Waals surface area contributed by atoms with Crippen molar-refractivity contribution >= 4 is 28.0 Å². The van der Waals surface area contributed by atoms with Crippen molar-refractivity contribution in [3.05, 3.63) is 68.8 Å². The number of amides is 1. The Balaban J connectivity index is 1.76. The first-order chi connectivity index (χ1) is 10.6. The molecule has 2 aromatic heterocycles. The van der Waals surface area contributed by atoms with Crippen molar-refractivity contribution in [3.8, 4) is 0 Å². The van der Waals surface area contributed by atoms with E-state index >= 15 is 0 Å². The Morgan fingerprint density at radius 2 is 2.14 bits per heavy atom. The molecule has 3 rings (SSSR count). The monoisotopic (exact) mass is 314 g/mol. The molecule has 22 heavy (non-hydrogen) atoms. The fourth-order valence-electron chi connectivity index (χ4n) is 2.20. The van der Waals surface area contributed by atoms with Gasteiger partial charge in [-0.15, -0.1) is 0 Å². The van der Waals surface area contributed by atoms with Gasteiger partial charge < -0.3 is 15.4 Å². The second-order valence-corrected chi connectivity index (χ2v) is 5.66. The molecule has 0 spiro atoms. The van der Waals surface area contributed by atoms with Gasteiger partial charge in [0.25, 0.3) is 11.5 Å². The van der Waals surface area contributed by atoms with Crippen LogP contribution in [0.1, 0.15) is 22.2 Å². The summed E-state index contributed by atoms with van der Waals surface area (Å²) in [5.41, 5.74) is 0.639. The molecule has 1 atom stereocenters. The summed E-state index contributed by atoms with van der Waals surface area (Å²) >= 11 is 1.48. The van der Waals surface area contributed by atoms with Crippen molar-refractivity contribution in [2.75, 3.05) is 6.54 Å². The van der Waals surface area contributed by atoms with Crippen molar-refractivity contribution in [2.24, 2.45) is 0 Å². The number of hydrogen-bond acceptors (Lipinski definition) is 4. The van der Waals surface area contributed by atoms with Crippen LogP contribution in [-0.4, -0.2) is 22.5 Å². The van der Waals surface area contributed by atoms with Crippen LogP contribution in [0, 0.1) is 0 Å². The van der Waals surface area contributed by atoms with E-state index in [1.807, 2.05) is 16.8 Å². The number of carbonyl (C=O) groups is 1. The molecule has 1 amide bonds. The van der Waals surface area contributed by atoms with Crippen LogP contribution in [0.5, 0.6) is 0 Å². The minimum absolute atomic E-state index is 0.0877. The predicted molar refractivity (Wildman–Crippen MR) is 86.2 cm³/mol. The lowest BCUT2D eigenvalue weighted by molar-refractivity contribution is 0.0911. The fraction of sp³-hybridized carbons (Fsp3) is 0.125. The molecular formula is C16H14N2O3S. The summed E-state index contributed by atoms with van der Waals surface area (Å²) in [5, 5.41) is 17.5. The van der Waals surface area contributed by atoms with Gasteiger partial charge in [-0.05, 0) is 39.9 Å². The van der Waals surface area contributed by atoms with Gasteiger partial charge in [0.15, 0.2) is 0 Å². The van der Waals surface area contributed by atoms with Crippen molar-refractivity contribution < 1.29 is 9.90 Å². The third kappa shape index (κ3) is 2.93. The Morgan fingerprint density at radius 3 is 2.91 bits per heavy atom. The first-order valence-corrected chi connectivity index (χ1v) is 7.70. The molecule has 3 aromatic rings. The van der Waals surface area contributed by atoms with Crippen LogP contribution >= 0.6 is 11.3 Å². The number of fused-ring (bicyclic) bond motifs is 1. The number of rotatable bonds is 4. The molecular weight excluding hydrogens is 300 g/mol. The maximum absolute atomic E-state index is 12.1. The summed E-state index contributed by atoms with van der Waals surface area (Å²) in [6, 6.07) is 10.5. The lowest BCUT2D eigenvalue weighted by Gasteiger charge is -2.10. The zero-order chi connectivity index (χ0) is 15.5. The minimum Gasteiger partial charge on any atom is -0.387 e. The summed E-state index contributed by atoms with van der Waals surface area (Å²) in [6.07, 6.45) is -0.762. The van der Waals surface area contributed by atoms with Gasteiger partial charge in [0.2, 0.25) is 0 Å². The lowest BCUT2D eigenvalue weighted by atomic mass is 10.1. The fourth-order valence-corrected chi connectivity index (χ4v) is 2.91. The molecule has 0 aliphatic carbocycles. The summed E-state index contributed by atoms with van der Waals surface area (Å²) in [6.45, 7) is 0.0877. The van der Waals surface area contributed by atoms with Gasteiger partial charge in [-0.2, -0.15) is 11.3 Å². The van der Waals surface area contributed by atoms with Crippen LogP contribution in [0.3, 0.4) is 0 Å². The smallest absolute Gasteiger partial charge is 0.267 e. The highest BCUT2D eigenvalue weighted by atomic mass is 32.1. The summed E-state index contributed by atoms with van der Waals surface area (Å²) in [7, 11) is 0. The first kappa shape index (κ1) is 14.5. The number of aromatic nitrogens is 1. The number of H-pyrrole nitrogens is 1. The van der Waals surface area contributed by atoms with E-state index in [2.05, 4.69) is 10.3 Å². The van der Waals surface area contributed by atoms with E-state index in [4.69, 9.17) is 0 Å². The Bertz CT molecular complexity index is 855. The number of benzene rings is 1. The van der Waals surface area contributed by atoms with E-state index in [9.17, 15) is 14.7 Å². The zero-order valence-electron chi connectivity index (χ0n) is 11.6. The van der Waals surface area contributed by atoms with E-state index in [1.54, 1.807) is 30.3 Å². The molecule has 0 saturated carbocycles. The zero-order valence-corrected chi connectivity index (χ0v) is 12.4. The number of hydrogen-bond donors (Lipinski definition) is 3. The number of pyridine rings is 1. The van der Waals surface area contributed by atoms with Crippen molar-refractivity contribution in [1.29, 1.82) is 0 Å². The third-order valence-electron chi connectivity index (χ3n) is 3.38. The molecule has 0 unspecified atom stereocenters. The number of aliphatic hydroxyl groups excluding tert-OH is 1. The van der Waals surface area contributed by atoms with Crippen molar-refractivity contribution in [2.45, 2.75) is 6.10 Å². The third-order valence-corrected chi connectivity index (χ3v) is 4.08. The second-order valence-electron chi connectivity index (χ2n) is 4.88. The van der Waals surface area contributed by atoms with Gasteiger partial charge in [0.1, 0.15) is 5.69 Å². The molecule has 6 heteroatoms. The van der Waals surface area contributed by atoms with Crippen LogP contribution in [0.15, 0.2) is 52.0 Å². The van der Waals surface area contributed by atoms with Crippen LogP contribution in [-0.2, 0) is 0 Å². The van der Waals surface area contributed by atoms with E-state index in [0.29, 0.717) is 10.8 Å². The molecule has 0 bridgehead atoms. The molecule has 112 valence electrons. The first-order valence-electron chi connectivity index (χ1n) is 6.75. The highest BCUT2D eigenvalue weighted by molar-refractivity contribution is 7.07. The summed E-state index contributed by atoms with van der Waals surface area (Å²) in [4.78, 5) is 26.6. The van der Waals surface area contributed by atoms with Gasteiger partial charge in [0, 0.05) is 11.9 Å². The molecule has 0 aliphatic rings. The van der Waals surface area contributed by atoms with Crippen molar-refractivity contribution in [3.63, 3.8) is 0 Å². The molecule has 0 aliphatic heterocycles. The normalized spacial score (nSPS) is 12.2. The average molecular weight is 314 g/mol. The molecule has 0 radical (unpaired) electrons. The van der Waals surface area contributed by atoms with E-state index < -0.39 is 12.0 Å². The average Bonchev–Trinajstić information content (AvgIpc) is 3.06. The van der Waals surface area contributed by atoms with Crippen LogP contribution in [0.2, 0.25) is 0 Å². The molecule has 3 N–H and O–H groups in total. The van der Waals surface area contributed by atoms with Crippen LogP contribution in [0.25, 0.3) is 10.8 Å². The number of aliphatic hydroxyl groups is 1. The van der Waals surface area contributed by atoms with Gasteiger partial charge >= 0.3 is 0 Å².